The van der Waals surface area contributed by atoms with Gasteiger partial charge < -0.3 is 5.32 Å². The first kappa shape index (κ1) is 16.7. The molecular formula is C14H28N2O2S. The van der Waals surface area contributed by atoms with E-state index in [-0.39, 0.29) is 6.04 Å². The van der Waals surface area contributed by atoms with E-state index in [2.05, 4.69) is 32.2 Å². The predicted molar refractivity (Wildman–Crippen MR) is 80.7 cm³/mol. The Morgan fingerprint density at radius 1 is 1.47 bits per heavy atom. The molecule has 0 aliphatic carbocycles. The largest absolute Gasteiger partial charge is 0.313 e. The van der Waals surface area contributed by atoms with E-state index in [1.807, 2.05) is 0 Å². The van der Waals surface area contributed by atoms with Crippen LogP contribution in [0.4, 0.5) is 0 Å². The Labute approximate surface area is 118 Å². The standard InChI is InChI=1S/C14H28N2O2S/c1-12(2)7-5-8-13(3)15-11-14-9-6-10-16(14)19(4,17)18/h7,13-15H,5-6,8-11H2,1-4H3/t13-,14+/m0/s1. The van der Waals surface area contributed by atoms with Crippen LogP contribution in [0.15, 0.2) is 11.6 Å². The molecule has 19 heavy (non-hydrogen) atoms. The third-order valence-corrected chi connectivity index (χ3v) is 4.94. The third kappa shape index (κ3) is 6.06. The first-order valence-corrected chi connectivity index (χ1v) is 8.99. The van der Waals surface area contributed by atoms with Gasteiger partial charge in [0, 0.05) is 25.2 Å². The molecular weight excluding hydrogens is 260 g/mol. The highest BCUT2D eigenvalue weighted by Gasteiger charge is 2.31. The van der Waals surface area contributed by atoms with Crippen molar-refractivity contribution in [3.8, 4) is 0 Å². The van der Waals surface area contributed by atoms with Crippen LogP contribution in [-0.2, 0) is 10.0 Å². The van der Waals surface area contributed by atoms with Crippen molar-refractivity contribution in [2.75, 3.05) is 19.3 Å². The molecule has 0 radical (unpaired) electrons. The van der Waals surface area contributed by atoms with E-state index in [1.165, 1.54) is 11.8 Å². The van der Waals surface area contributed by atoms with E-state index >= 15 is 0 Å². The fourth-order valence-electron chi connectivity index (χ4n) is 2.51. The lowest BCUT2D eigenvalue weighted by atomic mass is 10.1. The van der Waals surface area contributed by atoms with E-state index in [4.69, 9.17) is 0 Å². The predicted octanol–water partition coefficient (Wildman–Crippen LogP) is 2.13. The molecule has 0 spiro atoms. The molecule has 1 saturated heterocycles. The summed E-state index contributed by atoms with van der Waals surface area (Å²) in [5.74, 6) is 0. The molecule has 0 aromatic heterocycles. The zero-order valence-corrected chi connectivity index (χ0v) is 13.5. The zero-order valence-electron chi connectivity index (χ0n) is 12.6. The molecule has 5 heteroatoms. The van der Waals surface area contributed by atoms with Crippen LogP contribution in [0.1, 0.15) is 46.5 Å². The van der Waals surface area contributed by atoms with E-state index < -0.39 is 10.0 Å². The van der Waals surface area contributed by atoms with Crippen LogP contribution in [0.25, 0.3) is 0 Å². The number of sulfonamides is 1. The van der Waals surface area contributed by atoms with Gasteiger partial charge in [-0.1, -0.05) is 11.6 Å². The van der Waals surface area contributed by atoms with E-state index in [1.54, 1.807) is 4.31 Å². The Morgan fingerprint density at radius 2 is 2.16 bits per heavy atom. The average molecular weight is 288 g/mol. The Balaban J connectivity index is 2.33. The molecule has 0 saturated carbocycles. The fraction of sp³-hybridized carbons (Fsp3) is 0.857. The van der Waals surface area contributed by atoms with Gasteiger partial charge in [0.05, 0.1) is 6.26 Å². The average Bonchev–Trinajstić information content (AvgIpc) is 2.73. The van der Waals surface area contributed by atoms with Crippen molar-refractivity contribution in [2.45, 2.75) is 58.5 Å². The van der Waals surface area contributed by atoms with E-state index in [0.717, 1.165) is 32.2 Å². The van der Waals surface area contributed by atoms with E-state index in [9.17, 15) is 8.42 Å². The molecule has 1 N–H and O–H groups in total. The molecule has 112 valence electrons. The maximum absolute atomic E-state index is 11.6. The number of nitrogens with zero attached hydrogens (tertiary/aromatic N) is 1. The van der Waals surface area contributed by atoms with Gasteiger partial charge in [-0.05, 0) is 46.5 Å². The van der Waals surface area contributed by atoms with Gasteiger partial charge in [-0.2, -0.15) is 4.31 Å². The summed E-state index contributed by atoms with van der Waals surface area (Å²) in [5.41, 5.74) is 1.35. The molecule has 1 aliphatic rings. The molecule has 0 aromatic carbocycles. The lowest BCUT2D eigenvalue weighted by Gasteiger charge is -2.24. The normalized spacial score (nSPS) is 22.4. The minimum atomic E-state index is -3.04. The molecule has 0 unspecified atom stereocenters. The Morgan fingerprint density at radius 3 is 2.74 bits per heavy atom. The number of rotatable bonds is 7. The van der Waals surface area contributed by atoms with Crippen molar-refractivity contribution in [1.29, 1.82) is 0 Å². The van der Waals surface area contributed by atoms with Gasteiger partial charge in [0.15, 0.2) is 0 Å². The Kier molecular flexibility index (Phi) is 6.50. The van der Waals surface area contributed by atoms with Crippen molar-refractivity contribution in [3.05, 3.63) is 11.6 Å². The van der Waals surface area contributed by atoms with Gasteiger partial charge in [0.1, 0.15) is 0 Å². The van der Waals surface area contributed by atoms with Gasteiger partial charge in [-0.15, -0.1) is 0 Å². The molecule has 4 nitrogen and oxygen atoms in total. The van der Waals surface area contributed by atoms with Crippen LogP contribution >= 0.6 is 0 Å². The highest BCUT2D eigenvalue weighted by molar-refractivity contribution is 7.88. The van der Waals surface area contributed by atoms with Crippen molar-refractivity contribution in [3.63, 3.8) is 0 Å². The summed E-state index contributed by atoms with van der Waals surface area (Å²) in [6.07, 6.45) is 7.68. The summed E-state index contributed by atoms with van der Waals surface area (Å²) in [6, 6.07) is 0.568. The summed E-state index contributed by atoms with van der Waals surface area (Å²) >= 11 is 0. The maximum atomic E-state index is 11.6. The van der Waals surface area contributed by atoms with Gasteiger partial charge in [0.2, 0.25) is 10.0 Å². The third-order valence-electron chi connectivity index (χ3n) is 3.60. The van der Waals surface area contributed by atoms with Crippen molar-refractivity contribution < 1.29 is 8.42 Å². The monoisotopic (exact) mass is 288 g/mol. The number of hydrogen-bond donors (Lipinski definition) is 1. The molecule has 1 fully saturated rings. The number of hydrogen-bond acceptors (Lipinski definition) is 3. The molecule has 0 bridgehead atoms. The van der Waals surface area contributed by atoms with Crippen LogP contribution in [-0.4, -0.2) is 44.2 Å². The summed E-state index contributed by atoms with van der Waals surface area (Å²) in [7, 11) is -3.04. The van der Waals surface area contributed by atoms with Gasteiger partial charge >= 0.3 is 0 Å². The lowest BCUT2D eigenvalue weighted by Crippen LogP contribution is -2.43. The fourth-order valence-corrected chi connectivity index (χ4v) is 3.69. The maximum Gasteiger partial charge on any atom is 0.211 e. The van der Waals surface area contributed by atoms with E-state index in [0.29, 0.717) is 12.6 Å². The Hall–Kier alpha value is -0.390. The molecule has 2 atom stereocenters. The van der Waals surface area contributed by atoms with Crippen LogP contribution < -0.4 is 5.32 Å². The molecule has 0 aromatic rings. The smallest absolute Gasteiger partial charge is 0.211 e. The van der Waals surface area contributed by atoms with Crippen molar-refractivity contribution in [2.24, 2.45) is 0 Å². The van der Waals surface area contributed by atoms with Gasteiger partial charge in [0.25, 0.3) is 0 Å². The lowest BCUT2D eigenvalue weighted by molar-refractivity contribution is 0.358. The second-order valence-electron chi connectivity index (χ2n) is 5.84. The second kappa shape index (κ2) is 7.41. The van der Waals surface area contributed by atoms with Gasteiger partial charge in [-0.3, -0.25) is 0 Å². The van der Waals surface area contributed by atoms with Crippen molar-refractivity contribution >= 4 is 10.0 Å². The molecule has 1 rings (SSSR count). The minimum absolute atomic E-state index is 0.140. The molecule has 1 heterocycles. The summed E-state index contributed by atoms with van der Waals surface area (Å²) in [6.45, 7) is 7.83. The van der Waals surface area contributed by atoms with Crippen LogP contribution in [0, 0.1) is 0 Å². The zero-order chi connectivity index (χ0) is 14.5. The SMILES string of the molecule is CC(C)=CCC[C@H](C)NC[C@H]1CCCN1S(C)(=O)=O. The second-order valence-corrected chi connectivity index (χ2v) is 7.77. The number of allylic oxidation sites excluding steroid dienone is 2. The summed E-state index contributed by atoms with van der Waals surface area (Å²) in [4.78, 5) is 0. The highest BCUT2D eigenvalue weighted by atomic mass is 32.2. The topological polar surface area (TPSA) is 49.4 Å². The molecule has 0 amide bonds. The van der Waals surface area contributed by atoms with Crippen molar-refractivity contribution in [1.82, 2.24) is 9.62 Å². The van der Waals surface area contributed by atoms with Crippen LogP contribution in [0.2, 0.25) is 0 Å². The summed E-state index contributed by atoms with van der Waals surface area (Å²) in [5, 5.41) is 3.46. The number of nitrogens with one attached hydrogen (secondary N) is 1. The first-order valence-electron chi connectivity index (χ1n) is 7.14. The minimum Gasteiger partial charge on any atom is -0.313 e. The first-order chi connectivity index (χ1) is 8.80. The van der Waals surface area contributed by atoms with Crippen LogP contribution in [0.3, 0.4) is 0 Å². The Bertz CT molecular complexity index is 400. The summed E-state index contributed by atoms with van der Waals surface area (Å²) < 4.78 is 24.9. The molecule has 1 aliphatic heterocycles. The quantitative estimate of drug-likeness (QED) is 0.730. The highest BCUT2D eigenvalue weighted by Crippen LogP contribution is 2.19. The van der Waals surface area contributed by atoms with Crippen LogP contribution in [0.5, 0.6) is 0 Å². The van der Waals surface area contributed by atoms with Gasteiger partial charge in [-0.25, -0.2) is 8.42 Å².